The second-order valence-electron chi connectivity index (χ2n) is 3.94. The van der Waals surface area contributed by atoms with E-state index >= 15 is 0 Å². The maximum absolute atomic E-state index is 11.8. The quantitative estimate of drug-likeness (QED) is 0.785. The van der Waals surface area contributed by atoms with Crippen LogP contribution >= 0.6 is 0 Å². The Morgan fingerprint density at radius 3 is 2.62 bits per heavy atom. The molecule has 0 bridgehead atoms. The van der Waals surface area contributed by atoms with Gasteiger partial charge in [-0.1, -0.05) is 6.92 Å². The zero-order valence-corrected chi connectivity index (χ0v) is 10.2. The minimum atomic E-state index is -0.485. The third-order valence-corrected chi connectivity index (χ3v) is 2.71. The van der Waals surface area contributed by atoms with Crippen LogP contribution in [-0.2, 0) is 7.05 Å². The van der Waals surface area contributed by atoms with E-state index in [1.54, 1.807) is 18.7 Å². The van der Waals surface area contributed by atoms with E-state index in [0.717, 1.165) is 5.69 Å². The Hall–Kier alpha value is -1.36. The van der Waals surface area contributed by atoms with E-state index in [4.69, 9.17) is 0 Å². The smallest absolute Gasteiger partial charge is 0.255 e. The molecule has 90 valence electrons. The van der Waals surface area contributed by atoms with E-state index in [2.05, 4.69) is 10.4 Å². The fourth-order valence-corrected chi connectivity index (χ4v) is 1.55. The minimum Gasteiger partial charge on any atom is -0.391 e. The molecule has 2 N–H and O–H groups in total. The summed E-state index contributed by atoms with van der Waals surface area (Å²) in [6.07, 6.45) is 0.145. The molecule has 1 unspecified atom stereocenters. The molecule has 0 saturated heterocycles. The fourth-order valence-electron chi connectivity index (χ4n) is 1.55. The maximum atomic E-state index is 11.8. The standard InChI is InChI=1S/C11H19N3O2/c1-5-9(15)6-12-11(16)10-7(2)13-14(4)8(10)3/h9,15H,5-6H2,1-4H3,(H,12,16). The van der Waals surface area contributed by atoms with Gasteiger partial charge in [-0.2, -0.15) is 5.10 Å². The van der Waals surface area contributed by atoms with Gasteiger partial charge >= 0.3 is 0 Å². The summed E-state index contributed by atoms with van der Waals surface area (Å²) in [7, 11) is 1.81. The van der Waals surface area contributed by atoms with Crippen molar-refractivity contribution in [2.24, 2.45) is 7.05 Å². The maximum Gasteiger partial charge on any atom is 0.255 e. The van der Waals surface area contributed by atoms with Crippen LogP contribution in [0.25, 0.3) is 0 Å². The lowest BCUT2D eigenvalue weighted by atomic mass is 10.2. The van der Waals surface area contributed by atoms with Crippen molar-refractivity contribution >= 4 is 5.91 Å². The number of rotatable bonds is 4. The summed E-state index contributed by atoms with van der Waals surface area (Å²) in [5.41, 5.74) is 2.15. The molecule has 0 radical (unpaired) electrons. The van der Waals surface area contributed by atoms with Gasteiger partial charge in [0.25, 0.3) is 5.91 Å². The topological polar surface area (TPSA) is 67.2 Å². The number of amides is 1. The van der Waals surface area contributed by atoms with Crippen molar-refractivity contribution in [1.29, 1.82) is 0 Å². The van der Waals surface area contributed by atoms with Crippen molar-refractivity contribution < 1.29 is 9.90 Å². The van der Waals surface area contributed by atoms with Crippen LogP contribution in [-0.4, -0.2) is 33.4 Å². The van der Waals surface area contributed by atoms with Crippen molar-refractivity contribution in [3.8, 4) is 0 Å². The Balaban J connectivity index is 2.73. The number of nitrogens with one attached hydrogen (secondary N) is 1. The fraction of sp³-hybridized carbons (Fsp3) is 0.636. The molecule has 1 aromatic heterocycles. The normalized spacial score (nSPS) is 12.6. The molecule has 1 heterocycles. The van der Waals surface area contributed by atoms with Gasteiger partial charge in [-0.3, -0.25) is 9.48 Å². The van der Waals surface area contributed by atoms with Gasteiger partial charge in [0.1, 0.15) is 0 Å². The van der Waals surface area contributed by atoms with Crippen molar-refractivity contribution in [3.63, 3.8) is 0 Å². The van der Waals surface area contributed by atoms with E-state index in [-0.39, 0.29) is 12.5 Å². The number of carbonyl (C=O) groups is 1. The summed E-state index contributed by atoms with van der Waals surface area (Å²) in [5, 5.41) is 16.2. The molecule has 5 heteroatoms. The Labute approximate surface area is 95.5 Å². The Bertz CT molecular complexity index is 385. The average molecular weight is 225 g/mol. The molecule has 5 nitrogen and oxygen atoms in total. The summed E-state index contributed by atoms with van der Waals surface area (Å²) in [5.74, 6) is -0.171. The first kappa shape index (κ1) is 12.7. The molecular formula is C11H19N3O2. The predicted molar refractivity (Wildman–Crippen MR) is 61.3 cm³/mol. The molecule has 0 aliphatic heterocycles. The zero-order valence-electron chi connectivity index (χ0n) is 10.2. The predicted octanol–water partition coefficient (Wildman–Crippen LogP) is 0.538. The Morgan fingerprint density at radius 2 is 2.19 bits per heavy atom. The van der Waals surface area contributed by atoms with Crippen molar-refractivity contribution in [1.82, 2.24) is 15.1 Å². The highest BCUT2D eigenvalue weighted by atomic mass is 16.3. The van der Waals surface area contributed by atoms with Crippen LogP contribution in [0.5, 0.6) is 0 Å². The second-order valence-corrected chi connectivity index (χ2v) is 3.94. The molecule has 1 atom stereocenters. The second kappa shape index (κ2) is 5.12. The highest BCUT2D eigenvalue weighted by molar-refractivity contribution is 5.96. The van der Waals surface area contributed by atoms with Crippen LogP contribution < -0.4 is 5.32 Å². The lowest BCUT2D eigenvalue weighted by Crippen LogP contribution is -2.32. The van der Waals surface area contributed by atoms with Gasteiger partial charge in [-0.25, -0.2) is 0 Å². The molecule has 16 heavy (non-hydrogen) atoms. The molecule has 0 aromatic carbocycles. The van der Waals surface area contributed by atoms with E-state index in [1.165, 1.54) is 0 Å². The van der Waals surface area contributed by atoms with Gasteiger partial charge in [0.05, 0.1) is 17.4 Å². The number of aliphatic hydroxyl groups excluding tert-OH is 1. The molecular weight excluding hydrogens is 206 g/mol. The summed E-state index contributed by atoms with van der Waals surface area (Å²) >= 11 is 0. The van der Waals surface area contributed by atoms with Gasteiger partial charge in [0, 0.05) is 19.3 Å². The number of aromatic nitrogens is 2. The van der Waals surface area contributed by atoms with Crippen molar-refractivity contribution in [2.75, 3.05) is 6.54 Å². The molecule has 1 amide bonds. The Morgan fingerprint density at radius 1 is 1.56 bits per heavy atom. The van der Waals surface area contributed by atoms with Crippen LogP contribution in [0.3, 0.4) is 0 Å². The number of carbonyl (C=O) groups excluding carboxylic acids is 1. The van der Waals surface area contributed by atoms with Gasteiger partial charge in [-0.05, 0) is 20.3 Å². The molecule has 1 rings (SSSR count). The molecule has 1 aromatic rings. The lowest BCUT2D eigenvalue weighted by molar-refractivity contribution is 0.0912. The van der Waals surface area contributed by atoms with Crippen molar-refractivity contribution in [3.05, 3.63) is 17.0 Å². The Kier molecular flexibility index (Phi) is 4.06. The van der Waals surface area contributed by atoms with Crippen LogP contribution in [0.1, 0.15) is 35.1 Å². The molecule has 0 fully saturated rings. The summed E-state index contributed by atoms with van der Waals surface area (Å²) in [4.78, 5) is 11.8. The summed E-state index contributed by atoms with van der Waals surface area (Å²) < 4.78 is 1.68. The largest absolute Gasteiger partial charge is 0.391 e. The SMILES string of the molecule is CCC(O)CNC(=O)c1c(C)nn(C)c1C. The van der Waals surface area contributed by atoms with Crippen molar-refractivity contribution in [2.45, 2.75) is 33.3 Å². The molecule has 0 saturated carbocycles. The highest BCUT2D eigenvalue weighted by Gasteiger charge is 2.17. The van der Waals surface area contributed by atoms with Gasteiger partial charge < -0.3 is 10.4 Å². The molecule has 0 spiro atoms. The first-order valence-electron chi connectivity index (χ1n) is 5.43. The van der Waals surface area contributed by atoms with E-state index < -0.39 is 6.10 Å². The number of aliphatic hydroxyl groups is 1. The third kappa shape index (κ3) is 2.61. The van der Waals surface area contributed by atoms with Crippen LogP contribution in [0.15, 0.2) is 0 Å². The van der Waals surface area contributed by atoms with Crippen LogP contribution in [0.4, 0.5) is 0 Å². The number of aryl methyl sites for hydroxylation is 2. The highest BCUT2D eigenvalue weighted by Crippen LogP contribution is 2.11. The third-order valence-electron chi connectivity index (χ3n) is 2.71. The number of hydrogen-bond donors (Lipinski definition) is 2. The average Bonchev–Trinajstić information content (AvgIpc) is 2.49. The number of hydrogen-bond acceptors (Lipinski definition) is 3. The van der Waals surface area contributed by atoms with Gasteiger partial charge in [0.2, 0.25) is 0 Å². The summed E-state index contributed by atoms with van der Waals surface area (Å²) in [6.45, 7) is 5.81. The van der Waals surface area contributed by atoms with E-state index in [0.29, 0.717) is 17.7 Å². The van der Waals surface area contributed by atoms with Crippen LogP contribution in [0.2, 0.25) is 0 Å². The molecule has 0 aliphatic rings. The summed E-state index contributed by atoms with van der Waals surface area (Å²) in [6, 6.07) is 0. The lowest BCUT2D eigenvalue weighted by Gasteiger charge is -2.09. The van der Waals surface area contributed by atoms with Crippen LogP contribution in [0, 0.1) is 13.8 Å². The van der Waals surface area contributed by atoms with E-state index in [1.807, 2.05) is 13.8 Å². The monoisotopic (exact) mass is 225 g/mol. The number of nitrogens with zero attached hydrogens (tertiary/aromatic N) is 2. The van der Waals surface area contributed by atoms with E-state index in [9.17, 15) is 9.90 Å². The minimum absolute atomic E-state index is 0.171. The first-order chi connectivity index (χ1) is 7.47. The van der Waals surface area contributed by atoms with Gasteiger partial charge in [-0.15, -0.1) is 0 Å². The zero-order chi connectivity index (χ0) is 12.3. The van der Waals surface area contributed by atoms with Gasteiger partial charge in [0.15, 0.2) is 0 Å². The molecule has 0 aliphatic carbocycles. The first-order valence-corrected chi connectivity index (χ1v) is 5.43.